The van der Waals surface area contributed by atoms with Crippen molar-refractivity contribution in [2.45, 2.75) is 12.5 Å². The van der Waals surface area contributed by atoms with E-state index in [1.54, 1.807) is 10.6 Å². The number of H-pyrrole nitrogens is 1. The molecule has 4 nitrogen and oxygen atoms in total. The van der Waals surface area contributed by atoms with Crippen molar-refractivity contribution in [2.75, 3.05) is 11.5 Å². The molecule has 18 heavy (non-hydrogen) atoms. The fourth-order valence-corrected chi connectivity index (χ4v) is 4.50. The largest absolute Gasteiger partial charge is 0.330 e. The Morgan fingerprint density at radius 3 is 2.89 bits per heavy atom. The van der Waals surface area contributed by atoms with Crippen LogP contribution in [0, 0.1) is 10.6 Å². The van der Waals surface area contributed by atoms with E-state index in [1.165, 1.54) is 12.1 Å². The van der Waals surface area contributed by atoms with Gasteiger partial charge in [0, 0.05) is 0 Å². The zero-order chi connectivity index (χ0) is 12.9. The van der Waals surface area contributed by atoms with Crippen LogP contribution in [-0.2, 0) is 9.84 Å². The Labute approximate surface area is 108 Å². The number of nitrogens with zero attached hydrogens (tertiary/aromatic N) is 1. The summed E-state index contributed by atoms with van der Waals surface area (Å²) in [6, 6.07) is 4.19. The minimum atomic E-state index is -2.97. The van der Waals surface area contributed by atoms with Crippen LogP contribution in [0.15, 0.2) is 18.2 Å². The molecule has 96 valence electrons. The van der Waals surface area contributed by atoms with Gasteiger partial charge in [-0.25, -0.2) is 12.8 Å². The van der Waals surface area contributed by atoms with E-state index in [9.17, 15) is 12.8 Å². The number of aromatic nitrogens is 2. The molecule has 1 aliphatic heterocycles. The Hall–Kier alpha value is -1.21. The van der Waals surface area contributed by atoms with E-state index in [0.29, 0.717) is 16.7 Å². The quantitative estimate of drug-likeness (QED) is 0.818. The van der Waals surface area contributed by atoms with Gasteiger partial charge in [-0.05, 0) is 36.8 Å². The summed E-state index contributed by atoms with van der Waals surface area (Å²) in [7, 11) is -2.97. The van der Waals surface area contributed by atoms with Gasteiger partial charge in [0.05, 0.1) is 28.6 Å². The van der Waals surface area contributed by atoms with E-state index in [4.69, 9.17) is 12.2 Å². The molecule has 1 N–H and O–H groups in total. The zero-order valence-corrected chi connectivity index (χ0v) is 11.0. The van der Waals surface area contributed by atoms with Gasteiger partial charge in [-0.1, -0.05) is 0 Å². The van der Waals surface area contributed by atoms with E-state index in [1.807, 2.05) is 0 Å². The van der Waals surface area contributed by atoms with Crippen LogP contribution in [0.2, 0.25) is 0 Å². The van der Waals surface area contributed by atoms with Gasteiger partial charge in [0.15, 0.2) is 14.6 Å². The van der Waals surface area contributed by atoms with Gasteiger partial charge in [0.2, 0.25) is 0 Å². The SMILES string of the molecule is O=S1(=O)CCC(n2c(=S)[nH]c3cc(F)ccc32)C1. The van der Waals surface area contributed by atoms with Crippen molar-refractivity contribution in [3.63, 3.8) is 0 Å². The molecular weight excluding hydrogens is 275 g/mol. The summed E-state index contributed by atoms with van der Waals surface area (Å²) >= 11 is 5.20. The Morgan fingerprint density at radius 2 is 2.22 bits per heavy atom. The summed E-state index contributed by atoms with van der Waals surface area (Å²) < 4.78 is 38.4. The lowest BCUT2D eigenvalue weighted by Gasteiger charge is -2.10. The van der Waals surface area contributed by atoms with Crippen LogP contribution >= 0.6 is 12.2 Å². The average Bonchev–Trinajstić information content (AvgIpc) is 2.77. The molecule has 1 unspecified atom stereocenters. The van der Waals surface area contributed by atoms with Crippen LogP contribution in [0.1, 0.15) is 12.5 Å². The van der Waals surface area contributed by atoms with Crippen LogP contribution in [0.4, 0.5) is 4.39 Å². The van der Waals surface area contributed by atoms with Crippen molar-refractivity contribution in [3.05, 3.63) is 28.8 Å². The smallest absolute Gasteiger partial charge is 0.178 e. The van der Waals surface area contributed by atoms with Crippen LogP contribution < -0.4 is 0 Å². The van der Waals surface area contributed by atoms with Gasteiger partial charge in [-0.2, -0.15) is 0 Å². The number of hydrogen-bond acceptors (Lipinski definition) is 3. The first-order valence-corrected chi connectivity index (χ1v) is 7.79. The number of halogens is 1. The highest BCUT2D eigenvalue weighted by molar-refractivity contribution is 7.91. The number of fused-ring (bicyclic) bond motifs is 1. The first-order valence-electron chi connectivity index (χ1n) is 5.56. The van der Waals surface area contributed by atoms with Crippen molar-refractivity contribution in [1.29, 1.82) is 0 Å². The summed E-state index contributed by atoms with van der Waals surface area (Å²) in [5.41, 5.74) is 1.35. The molecule has 1 atom stereocenters. The summed E-state index contributed by atoms with van der Waals surface area (Å²) in [6.07, 6.45) is 0.557. The van der Waals surface area contributed by atoms with Crippen molar-refractivity contribution >= 4 is 33.1 Å². The van der Waals surface area contributed by atoms with Crippen molar-refractivity contribution in [1.82, 2.24) is 9.55 Å². The van der Waals surface area contributed by atoms with Gasteiger partial charge in [0.1, 0.15) is 5.82 Å². The topological polar surface area (TPSA) is 54.9 Å². The average molecular weight is 286 g/mol. The molecule has 0 saturated carbocycles. The monoisotopic (exact) mass is 286 g/mol. The Morgan fingerprint density at radius 1 is 1.44 bits per heavy atom. The summed E-state index contributed by atoms with van der Waals surface area (Å²) in [4.78, 5) is 2.92. The summed E-state index contributed by atoms with van der Waals surface area (Å²) in [5.74, 6) is -0.0520. The van der Waals surface area contributed by atoms with Gasteiger partial charge in [-0.3, -0.25) is 0 Å². The number of aromatic amines is 1. The number of imidazole rings is 1. The second-order valence-electron chi connectivity index (χ2n) is 4.52. The molecule has 1 aromatic heterocycles. The molecule has 3 rings (SSSR count). The maximum Gasteiger partial charge on any atom is 0.178 e. The maximum atomic E-state index is 13.1. The van der Waals surface area contributed by atoms with Crippen molar-refractivity contribution in [3.8, 4) is 0 Å². The lowest BCUT2D eigenvalue weighted by molar-refractivity contribution is 0.563. The van der Waals surface area contributed by atoms with Gasteiger partial charge < -0.3 is 9.55 Å². The summed E-state index contributed by atoms with van der Waals surface area (Å²) in [5, 5.41) is 0. The third-order valence-electron chi connectivity index (χ3n) is 3.25. The molecule has 0 aliphatic carbocycles. The number of benzene rings is 1. The minimum absolute atomic E-state index is 0.103. The first-order chi connectivity index (χ1) is 8.46. The predicted octanol–water partition coefficient (Wildman–Crippen LogP) is 2.20. The van der Waals surface area contributed by atoms with Crippen molar-refractivity contribution in [2.24, 2.45) is 0 Å². The standard InChI is InChI=1S/C11H11FN2O2S2/c12-7-1-2-10-9(5-7)13-11(17)14(10)8-3-4-18(15,16)6-8/h1-2,5,8H,3-4,6H2,(H,13,17). The first kappa shape index (κ1) is 11.9. The highest BCUT2D eigenvalue weighted by atomic mass is 32.2. The van der Waals surface area contributed by atoms with Crippen LogP contribution in [-0.4, -0.2) is 29.5 Å². The lowest BCUT2D eigenvalue weighted by Crippen LogP contribution is -2.10. The Bertz CT molecular complexity index is 776. The second-order valence-corrected chi connectivity index (χ2v) is 7.13. The molecule has 1 aromatic carbocycles. The molecule has 2 heterocycles. The van der Waals surface area contributed by atoms with E-state index < -0.39 is 9.84 Å². The molecule has 1 aliphatic rings. The molecule has 0 spiro atoms. The number of hydrogen-bond donors (Lipinski definition) is 1. The number of rotatable bonds is 1. The van der Waals surface area contributed by atoms with Crippen LogP contribution in [0.5, 0.6) is 0 Å². The molecule has 0 amide bonds. The van der Waals surface area contributed by atoms with Gasteiger partial charge >= 0.3 is 0 Å². The fraction of sp³-hybridized carbons (Fsp3) is 0.364. The summed E-state index contributed by atoms with van der Waals surface area (Å²) in [6.45, 7) is 0. The van der Waals surface area contributed by atoms with Gasteiger partial charge in [0.25, 0.3) is 0 Å². The highest BCUT2D eigenvalue weighted by Crippen LogP contribution is 2.28. The van der Waals surface area contributed by atoms with E-state index >= 15 is 0 Å². The molecule has 1 saturated heterocycles. The molecule has 2 aromatic rings. The molecule has 0 radical (unpaired) electrons. The van der Waals surface area contributed by atoms with Gasteiger partial charge in [-0.15, -0.1) is 0 Å². The van der Waals surface area contributed by atoms with E-state index in [-0.39, 0.29) is 23.4 Å². The zero-order valence-electron chi connectivity index (χ0n) is 9.39. The molecule has 7 heteroatoms. The highest BCUT2D eigenvalue weighted by Gasteiger charge is 2.30. The second kappa shape index (κ2) is 3.89. The van der Waals surface area contributed by atoms with Crippen molar-refractivity contribution < 1.29 is 12.8 Å². The molecular formula is C11H11FN2O2S2. The lowest BCUT2D eigenvalue weighted by atomic mass is 10.2. The third-order valence-corrected chi connectivity index (χ3v) is 5.30. The predicted molar refractivity (Wildman–Crippen MR) is 69.4 cm³/mol. The Balaban J connectivity index is 2.18. The molecule has 1 fully saturated rings. The minimum Gasteiger partial charge on any atom is -0.330 e. The number of sulfone groups is 1. The van der Waals surface area contributed by atoms with E-state index in [0.717, 1.165) is 5.52 Å². The van der Waals surface area contributed by atoms with Crippen LogP contribution in [0.3, 0.4) is 0 Å². The number of nitrogens with one attached hydrogen (secondary N) is 1. The van der Waals surface area contributed by atoms with Crippen LogP contribution in [0.25, 0.3) is 11.0 Å². The molecule has 0 bridgehead atoms. The van der Waals surface area contributed by atoms with E-state index in [2.05, 4.69) is 4.98 Å². The normalized spacial score (nSPS) is 22.6. The fourth-order valence-electron chi connectivity index (χ4n) is 2.44. The Kier molecular flexibility index (Phi) is 2.56. The maximum absolute atomic E-state index is 13.1. The third kappa shape index (κ3) is 1.87.